The molecule has 3 rings (SSSR count). The number of hydrogen-bond acceptors (Lipinski definition) is 7. The van der Waals surface area contributed by atoms with Crippen LogP contribution in [0.15, 0.2) is 33.9 Å². The van der Waals surface area contributed by atoms with Crippen LogP contribution < -0.4 is 0 Å². The number of aromatic nitrogens is 3. The highest BCUT2D eigenvalue weighted by Gasteiger charge is 2.17. The van der Waals surface area contributed by atoms with E-state index in [2.05, 4.69) is 15.2 Å². The lowest BCUT2D eigenvalue weighted by Gasteiger charge is -2.17. The molecule has 6 nitrogen and oxygen atoms in total. The van der Waals surface area contributed by atoms with E-state index >= 15 is 0 Å². The van der Waals surface area contributed by atoms with Gasteiger partial charge in [-0.25, -0.2) is 4.98 Å². The third-order valence-corrected chi connectivity index (χ3v) is 5.78. The highest BCUT2D eigenvalue weighted by molar-refractivity contribution is 7.99. The van der Waals surface area contributed by atoms with Crippen molar-refractivity contribution in [1.82, 2.24) is 20.1 Å². The predicted molar refractivity (Wildman–Crippen MR) is 103 cm³/mol. The highest BCUT2D eigenvalue weighted by atomic mass is 32.2. The summed E-state index contributed by atoms with van der Waals surface area (Å²) in [6.07, 6.45) is 0. The minimum atomic E-state index is 0.0165. The van der Waals surface area contributed by atoms with Gasteiger partial charge in [-0.3, -0.25) is 4.79 Å². The molecule has 0 atom stereocenters. The summed E-state index contributed by atoms with van der Waals surface area (Å²) in [5, 5.41) is 9.45. The Morgan fingerprint density at radius 1 is 1.23 bits per heavy atom. The Morgan fingerprint density at radius 3 is 2.69 bits per heavy atom. The average Bonchev–Trinajstić information content (AvgIpc) is 3.20. The van der Waals surface area contributed by atoms with Gasteiger partial charge in [0.15, 0.2) is 0 Å². The number of aryl methyl sites for hydroxylation is 3. The van der Waals surface area contributed by atoms with Crippen molar-refractivity contribution in [2.45, 2.75) is 32.5 Å². The maximum Gasteiger partial charge on any atom is 0.277 e. The zero-order valence-electron chi connectivity index (χ0n) is 15.1. The van der Waals surface area contributed by atoms with E-state index in [1.54, 1.807) is 11.9 Å². The molecule has 0 fully saturated rings. The summed E-state index contributed by atoms with van der Waals surface area (Å²) in [6.45, 7) is 6.49. The van der Waals surface area contributed by atoms with E-state index in [9.17, 15) is 4.79 Å². The summed E-state index contributed by atoms with van der Waals surface area (Å²) < 4.78 is 5.67. The zero-order valence-corrected chi connectivity index (χ0v) is 16.8. The third kappa shape index (κ3) is 4.31. The number of carbonyl (C=O) groups excluding carboxylic acids is 1. The van der Waals surface area contributed by atoms with Gasteiger partial charge in [-0.05, 0) is 31.9 Å². The van der Waals surface area contributed by atoms with Gasteiger partial charge < -0.3 is 9.32 Å². The lowest BCUT2D eigenvalue weighted by atomic mass is 10.1. The molecular weight excluding hydrogens is 368 g/mol. The summed E-state index contributed by atoms with van der Waals surface area (Å²) >= 11 is 2.77. The van der Waals surface area contributed by atoms with E-state index in [1.165, 1.54) is 28.7 Å². The molecule has 0 saturated carbocycles. The number of hydrogen-bond donors (Lipinski definition) is 0. The third-order valence-electron chi connectivity index (χ3n) is 3.92. The Morgan fingerprint density at radius 2 is 2.00 bits per heavy atom. The summed E-state index contributed by atoms with van der Waals surface area (Å²) in [6, 6.07) is 8.07. The fourth-order valence-electron chi connectivity index (χ4n) is 2.45. The van der Waals surface area contributed by atoms with E-state index in [0.29, 0.717) is 17.7 Å². The Hall–Kier alpha value is -2.19. The molecule has 1 amide bonds. The molecule has 0 bridgehead atoms. The second kappa shape index (κ2) is 8.01. The normalized spacial score (nSPS) is 10.9. The molecule has 0 saturated heterocycles. The van der Waals surface area contributed by atoms with Crippen LogP contribution in [0.3, 0.4) is 0 Å². The van der Waals surface area contributed by atoms with E-state index in [-0.39, 0.29) is 11.7 Å². The van der Waals surface area contributed by atoms with Crippen LogP contribution in [0.5, 0.6) is 0 Å². The summed E-state index contributed by atoms with van der Waals surface area (Å²) in [5.41, 5.74) is 3.20. The number of amides is 1. The Kier molecular flexibility index (Phi) is 5.73. The molecule has 2 aromatic heterocycles. The van der Waals surface area contributed by atoms with Gasteiger partial charge in [-0.15, -0.1) is 21.5 Å². The summed E-state index contributed by atoms with van der Waals surface area (Å²) in [5.74, 6) is 0.726. The zero-order chi connectivity index (χ0) is 18.7. The molecule has 2 heterocycles. The first kappa shape index (κ1) is 18.6. The van der Waals surface area contributed by atoms with Gasteiger partial charge in [0, 0.05) is 13.6 Å². The predicted octanol–water partition coefficient (Wildman–Crippen LogP) is 3.87. The minimum absolute atomic E-state index is 0.0165. The second-order valence-electron chi connectivity index (χ2n) is 5.99. The molecule has 0 aliphatic rings. The highest BCUT2D eigenvalue weighted by Crippen LogP contribution is 2.30. The van der Waals surface area contributed by atoms with Crippen LogP contribution in [-0.2, 0) is 11.3 Å². The summed E-state index contributed by atoms with van der Waals surface area (Å²) in [7, 11) is 1.80. The van der Waals surface area contributed by atoms with Crippen molar-refractivity contribution in [1.29, 1.82) is 0 Å². The Labute approximate surface area is 160 Å². The molecule has 1 aromatic carbocycles. The standard InChI is InChI=1S/C18H20N4O2S2/c1-11-7-5-6-8-14(11)9-22(4)15(23)10-25-18-21-20-17(24-18)16-12(2)19-13(3)26-16/h5-8H,9-10H2,1-4H3. The molecule has 0 spiro atoms. The molecular formula is C18H20N4O2S2. The van der Waals surface area contributed by atoms with Crippen molar-refractivity contribution in [3.05, 3.63) is 46.1 Å². The van der Waals surface area contributed by atoms with Crippen LogP contribution in [0.2, 0.25) is 0 Å². The number of carbonyl (C=O) groups is 1. The van der Waals surface area contributed by atoms with Gasteiger partial charge >= 0.3 is 0 Å². The Balaban J connectivity index is 1.58. The number of benzene rings is 1. The first-order chi connectivity index (χ1) is 12.4. The second-order valence-corrected chi connectivity index (χ2v) is 8.12. The van der Waals surface area contributed by atoms with E-state index in [4.69, 9.17) is 4.42 Å². The van der Waals surface area contributed by atoms with Crippen molar-refractivity contribution in [3.63, 3.8) is 0 Å². The van der Waals surface area contributed by atoms with Gasteiger partial charge in [0.1, 0.15) is 4.88 Å². The largest absolute Gasteiger partial charge is 0.410 e. The van der Waals surface area contributed by atoms with Crippen LogP contribution in [-0.4, -0.2) is 38.8 Å². The van der Waals surface area contributed by atoms with Crippen LogP contribution in [0, 0.1) is 20.8 Å². The van der Waals surface area contributed by atoms with Crippen molar-refractivity contribution in [3.8, 4) is 10.8 Å². The number of thioether (sulfide) groups is 1. The van der Waals surface area contributed by atoms with Gasteiger partial charge in [0.05, 0.1) is 16.5 Å². The lowest BCUT2D eigenvalue weighted by Crippen LogP contribution is -2.28. The van der Waals surface area contributed by atoms with Crippen LogP contribution in [0.4, 0.5) is 0 Å². The van der Waals surface area contributed by atoms with Crippen LogP contribution in [0.1, 0.15) is 21.8 Å². The molecule has 0 aliphatic carbocycles. The molecule has 0 unspecified atom stereocenters. The van der Waals surface area contributed by atoms with Crippen molar-refractivity contribution in [2.24, 2.45) is 0 Å². The topological polar surface area (TPSA) is 72.1 Å². The van der Waals surface area contributed by atoms with Gasteiger partial charge in [0.25, 0.3) is 11.1 Å². The maximum absolute atomic E-state index is 12.4. The monoisotopic (exact) mass is 388 g/mol. The van der Waals surface area contributed by atoms with Crippen molar-refractivity contribution in [2.75, 3.05) is 12.8 Å². The van der Waals surface area contributed by atoms with Crippen molar-refractivity contribution >= 4 is 29.0 Å². The quantitative estimate of drug-likeness (QED) is 0.597. The first-order valence-electron chi connectivity index (χ1n) is 8.13. The van der Waals surface area contributed by atoms with E-state index in [0.717, 1.165) is 21.1 Å². The molecule has 3 aromatic rings. The van der Waals surface area contributed by atoms with Crippen LogP contribution in [0.25, 0.3) is 10.8 Å². The number of nitrogens with zero attached hydrogens (tertiary/aromatic N) is 4. The first-order valence-corrected chi connectivity index (χ1v) is 9.93. The molecule has 0 radical (unpaired) electrons. The molecule has 26 heavy (non-hydrogen) atoms. The lowest BCUT2D eigenvalue weighted by molar-refractivity contribution is -0.127. The van der Waals surface area contributed by atoms with Gasteiger partial charge in [-0.2, -0.15) is 0 Å². The summed E-state index contributed by atoms with van der Waals surface area (Å²) in [4.78, 5) is 19.3. The number of rotatable bonds is 6. The fraction of sp³-hybridized carbons (Fsp3) is 0.333. The van der Waals surface area contributed by atoms with Crippen LogP contribution >= 0.6 is 23.1 Å². The van der Waals surface area contributed by atoms with Gasteiger partial charge in [0.2, 0.25) is 5.91 Å². The Bertz CT molecular complexity index is 920. The molecule has 136 valence electrons. The fourth-order valence-corrected chi connectivity index (χ4v) is 4.00. The SMILES string of the molecule is Cc1nc(C)c(-c2nnc(SCC(=O)N(C)Cc3ccccc3C)o2)s1. The minimum Gasteiger partial charge on any atom is -0.410 e. The van der Waals surface area contributed by atoms with E-state index < -0.39 is 0 Å². The number of thiazole rings is 1. The maximum atomic E-state index is 12.4. The molecule has 0 N–H and O–H groups in total. The van der Waals surface area contributed by atoms with E-state index in [1.807, 2.05) is 45.0 Å². The molecule has 8 heteroatoms. The van der Waals surface area contributed by atoms with Gasteiger partial charge in [-0.1, -0.05) is 36.0 Å². The molecule has 0 aliphatic heterocycles. The average molecular weight is 389 g/mol. The smallest absolute Gasteiger partial charge is 0.277 e. The van der Waals surface area contributed by atoms with Crippen molar-refractivity contribution < 1.29 is 9.21 Å².